The van der Waals surface area contributed by atoms with Gasteiger partial charge in [0.1, 0.15) is 11.6 Å². The molecular weight excluding hydrogens is 308 g/mol. The third-order valence-electron chi connectivity index (χ3n) is 4.01. The van der Waals surface area contributed by atoms with Gasteiger partial charge < -0.3 is 10.7 Å². The van der Waals surface area contributed by atoms with Gasteiger partial charge in [-0.2, -0.15) is 0 Å². The second kappa shape index (κ2) is 5.94. The molecule has 3 aromatic carbocycles. The van der Waals surface area contributed by atoms with Crippen molar-refractivity contribution >= 4 is 35.3 Å². The first kappa shape index (κ1) is 16.0. The number of nitrogens with zero attached hydrogens (tertiary/aromatic N) is 1. The number of anilines is 2. The van der Waals surface area contributed by atoms with Crippen molar-refractivity contribution in [3.05, 3.63) is 70.1 Å². The van der Waals surface area contributed by atoms with Gasteiger partial charge in [0.05, 0.1) is 17.9 Å². The zero-order chi connectivity index (χ0) is 17.4. The molecule has 3 aromatic rings. The van der Waals surface area contributed by atoms with E-state index < -0.39 is 11.6 Å². The summed E-state index contributed by atoms with van der Waals surface area (Å²) in [6.45, 7) is 8.17. The first-order chi connectivity index (χ1) is 11.4. The molecule has 0 spiro atoms. The number of nitrogen functional groups attached to an aromatic ring is 1. The van der Waals surface area contributed by atoms with Crippen LogP contribution in [0.5, 0.6) is 0 Å². The predicted octanol–water partition coefficient (Wildman–Crippen LogP) is 2.40. The Kier molecular flexibility index (Phi) is 3.95. The highest BCUT2D eigenvalue weighted by Gasteiger charge is 2.13. The zero-order valence-electron chi connectivity index (χ0n) is 13.0. The molecule has 0 fully saturated rings. The first-order valence-corrected chi connectivity index (χ1v) is 7.33. The van der Waals surface area contributed by atoms with Crippen molar-refractivity contribution < 1.29 is 8.78 Å². The third kappa shape index (κ3) is 2.70. The second-order valence-electron chi connectivity index (χ2n) is 5.67. The number of benzene rings is 3. The van der Waals surface area contributed by atoms with E-state index in [4.69, 9.17) is 11.6 Å². The van der Waals surface area contributed by atoms with Crippen molar-refractivity contribution in [3.63, 3.8) is 0 Å². The molecular formula is C19H17F2N3. The van der Waals surface area contributed by atoms with E-state index in [1.165, 1.54) is 17.1 Å². The van der Waals surface area contributed by atoms with Crippen LogP contribution in [-0.2, 0) is 6.54 Å². The van der Waals surface area contributed by atoms with Crippen LogP contribution < -0.4 is 27.0 Å². The molecule has 122 valence electrons. The lowest BCUT2D eigenvalue weighted by molar-refractivity contribution is 0.579. The van der Waals surface area contributed by atoms with E-state index in [1.807, 2.05) is 24.3 Å². The minimum Gasteiger partial charge on any atom is -0.397 e. The maximum Gasteiger partial charge on any atom is 0.126 e. The monoisotopic (exact) mass is 325 g/mol. The molecule has 0 aliphatic heterocycles. The van der Waals surface area contributed by atoms with E-state index in [9.17, 15) is 8.78 Å². The fraction of sp³-hybridized carbons (Fsp3) is 0.0526. The average molecular weight is 325 g/mol. The van der Waals surface area contributed by atoms with E-state index in [2.05, 4.69) is 13.2 Å². The molecule has 0 aromatic heterocycles. The standard InChI is InChI=1S/C19H17F2N3/c1-11-16-5-3-4-6-17(16)12(2)19(18(11)22)24(23)10-13-7-14(20)9-15(21)8-13/h3-9H,1-2,10,22-23H2. The maximum atomic E-state index is 13.4. The lowest BCUT2D eigenvalue weighted by Gasteiger charge is -2.22. The van der Waals surface area contributed by atoms with Crippen molar-refractivity contribution in [2.45, 2.75) is 6.54 Å². The Bertz CT molecular complexity index is 1010. The molecule has 0 saturated heterocycles. The lowest BCUT2D eigenvalue weighted by Crippen LogP contribution is -2.36. The summed E-state index contributed by atoms with van der Waals surface area (Å²) >= 11 is 0. The number of hydrazine groups is 1. The van der Waals surface area contributed by atoms with Gasteiger partial charge in [0.15, 0.2) is 0 Å². The van der Waals surface area contributed by atoms with Crippen molar-refractivity contribution in [2.75, 3.05) is 10.7 Å². The van der Waals surface area contributed by atoms with Gasteiger partial charge in [0.2, 0.25) is 0 Å². The molecule has 0 radical (unpaired) electrons. The first-order valence-electron chi connectivity index (χ1n) is 7.33. The summed E-state index contributed by atoms with van der Waals surface area (Å²) in [5.74, 6) is 4.82. The van der Waals surface area contributed by atoms with Crippen LogP contribution in [0, 0.1) is 11.6 Å². The second-order valence-corrected chi connectivity index (χ2v) is 5.67. The summed E-state index contributed by atoms with van der Waals surface area (Å²) in [6, 6.07) is 10.9. The Morgan fingerprint density at radius 1 is 0.917 bits per heavy atom. The number of halogens is 2. The van der Waals surface area contributed by atoms with Gasteiger partial charge in [-0.15, -0.1) is 0 Å². The van der Waals surface area contributed by atoms with Crippen LogP contribution in [0.3, 0.4) is 0 Å². The quantitative estimate of drug-likeness (QED) is 0.442. The van der Waals surface area contributed by atoms with E-state index >= 15 is 0 Å². The highest BCUT2D eigenvalue weighted by Crippen LogP contribution is 2.20. The third-order valence-corrected chi connectivity index (χ3v) is 4.01. The van der Waals surface area contributed by atoms with E-state index in [-0.39, 0.29) is 6.54 Å². The summed E-state index contributed by atoms with van der Waals surface area (Å²) in [6.07, 6.45) is 0. The molecule has 3 rings (SSSR count). The molecule has 0 amide bonds. The van der Waals surface area contributed by atoms with Crippen LogP contribution in [0.4, 0.5) is 20.2 Å². The number of nitrogens with two attached hydrogens (primary N) is 2. The molecule has 4 N–H and O–H groups in total. The van der Waals surface area contributed by atoms with Crippen LogP contribution in [-0.4, -0.2) is 0 Å². The van der Waals surface area contributed by atoms with Crippen LogP contribution >= 0.6 is 0 Å². The minimum absolute atomic E-state index is 0.0825. The molecule has 0 saturated carbocycles. The van der Waals surface area contributed by atoms with Gasteiger partial charge >= 0.3 is 0 Å². The van der Waals surface area contributed by atoms with E-state index in [0.29, 0.717) is 27.4 Å². The fourth-order valence-corrected chi connectivity index (χ4v) is 2.89. The van der Waals surface area contributed by atoms with Crippen LogP contribution in [0.15, 0.2) is 42.5 Å². The molecule has 0 aliphatic carbocycles. The Morgan fingerprint density at radius 3 is 2.04 bits per heavy atom. The van der Waals surface area contributed by atoms with Crippen LogP contribution in [0.2, 0.25) is 0 Å². The molecule has 0 unspecified atom stereocenters. The van der Waals surface area contributed by atoms with Gasteiger partial charge in [0, 0.05) is 16.5 Å². The van der Waals surface area contributed by atoms with Gasteiger partial charge in [-0.05, 0) is 28.5 Å². The van der Waals surface area contributed by atoms with Gasteiger partial charge in [-0.1, -0.05) is 37.4 Å². The molecule has 0 atom stereocenters. The number of hydrogen-bond donors (Lipinski definition) is 2. The van der Waals surface area contributed by atoms with E-state index in [1.54, 1.807) is 0 Å². The number of fused-ring (bicyclic) bond motifs is 1. The fourth-order valence-electron chi connectivity index (χ4n) is 2.89. The molecule has 0 bridgehead atoms. The summed E-state index contributed by atoms with van der Waals surface area (Å²) in [5.41, 5.74) is 7.49. The van der Waals surface area contributed by atoms with Gasteiger partial charge in [-0.3, -0.25) is 0 Å². The molecule has 5 heteroatoms. The Hall–Kier alpha value is -2.92. The SMILES string of the molecule is C=c1c(N)c(N(N)Cc2cc(F)cc(F)c2)c(=C)c2ccccc12. The molecule has 24 heavy (non-hydrogen) atoms. The van der Waals surface area contributed by atoms with Crippen molar-refractivity contribution in [1.82, 2.24) is 0 Å². The van der Waals surface area contributed by atoms with Crippen LogP contribution in [0.1, 0.15) is 5.56 Å². The smallest absolute Gasteiger partial charge is 0.126 e. The highest BCUT2D eigenvalue weighted by atomic mass is 19.1. The maximum absolute atomic E-state index is 13.4. The largest absolute Gasteiger partial charge is 0.397 e. The average Bonchev–Trinajstić information content (AvgIpc) is 2.52. The van der Waals surface area contributed by atoms with Gasteiger partial charge in [0.25, 0.3) is 0 Å². The van der Waals surface area contributed by atoms with Crippen molar-refractivity contribution in [1.29, 1.82) is 0 Å². The predicted molar refractivity (Wildman–Crippen MR) is 95.4 cm³/mol. The zero-order valence-corrected chi connectivity index (χ0v) is 13.0. The Labute approximate surface area is 138 Å². The number of hydrogen-bond acceptors (Lipinski definition) is 3. The summed E-state index contributed by atoms with van der Waals surface area (Å²) < 4.78 is 26.7. The summed E-state index contributed by atoms with van der Waals surface area (Å²) in [7, 11) is 0. The minimum atomic E-state index is -0.655. The summed E-state index contributed by atoms with van der Waals surface area (Å²) in [5, 5.41) is 4.41. The molecule has 0 aliphatic rings. The normalized spacial score (nSPS) is 11.0. The van der Waals surface area contributed by atoms with Crippen LogP contribution in [0.25, 0.3) is 23.9 Å². The summed E-state index contributed by atoms with van der Waals surface area (Å²) in [4.78, 5) is 0. The Balaban J connectivity index is 2.12. The number of rotatable bonds is 3. The van der Waals surface area contributed by atoms with Gasteiger partial charge in [-0.25, -0.2) is 14.6 Å². The lowest BCUT2D eigenvalue weighted by atomic mass is 10.0. The van der Waals surface area contributed by atoms with E-state index in [0.717, 1.165) is 16.8 Å². The molecule has 3 nitrogen and oxygen atoms in total. The topological polar surface area (TPSA) is 55.3 Å². The molecule has 0 heterocycles. The highest BCUT2D eigenvalue weighted by molar-refractivity contribution is 5.93. The van der Waals surface area contributed by atoms with Crippen molar-refractivity contribution in [3.8, 4) is 0 Å². The van der Waals surface area contributed by atoms with Crippen molar-refractivity contribution in [2.24, 2.45) is 5.84 Å². The Morgan fingerprint density at radius 2 is 1.46 bits per heavy atom.